The molecule has 0 aliphatic carbocycles. The largest absolute Gasteiger partial charge is 0.480 e. The standard InChI is InChI=1S/C12H15NO3S/c1-2-8-5-7-17-10(8)11(14)13-6-3-4-9(13)12(15)16/h5,7,9H,2-4,6H2,1H3,(H,15,16)/t9-/m1/s1. The maximum absolute atomic E-state index is 12.3. The van der Waals surface area contributed by atoms with Crippen LogP contribution in [0.25, 0.3) is 0 Å². The van der Waals surface area contributed by atoms with Crippen LogP contribution in [-0.4, -0.2) is 34.5 Å². The molecule has 1 N–H and O–H groups in total. The molecule has 92 valence electrons. The van der Waals surface area contributed by atoms with E-state index < -0.39 is 12.0 Å². The van der Waals surface area contributed by atoms with E-state index in [-0.39, 0.29) is 5.91 Å². The van der Waals surface area contributed by atoms with Crippen molar-refractivity contribution in [2.24, 2.45) is 0 Å². The first-order chi connectivity index (χ1) is 8.15. The third-order valence-electron chi connectivity index (χ3n) is 3.12. The minimum Gasteiger partial charge on any atom is -0.480 e. The highest BCUT2D eigenvalue weighted by molar-refractivity contribution is 7.12. The van der Waals surface area contributed by atoms with Crippen LogP contribution in [0.5, 0.6) is 0 Å². The third-order valence-corrected chi connectivity index (χ3v) is 4.07. The number of hydrogen-bond acceptors (Lipinski definition) is 3. The van der Waals surface area contributed by atoms with Crippen molar-refractivity contribution in [3.63, 3.8) is 0 Å². The Labute approximate surface area is 104 Å². The molecular weight excluding hydrogens is 238 g/mol. The predicted octanol–water partition coefficient (Wildman–Crippen LogP) is 2.00. The van der Waals surface area contributed by atoms with E-state index in [1.807, 2.05) is 18.4 Å². The van der Waals surface area contributed by atoms with Gasteiger partial charge in [-0.3, -0.25) is 4.79 Å². The molecular formula is C12H15NO3S. The molecule has 1 aromatic heterocycles. The van der Waals surface area contributed by atoms with E-state index in [1.165, 1.54) is 16.2 Å². The number of aliphatic carboxylic acids is 1. The second-order valence-corrected chi connectivity index (χ2v) is 5.04. The summed E-state index contributed by atoms with van der Waals surface area (Å²) in [7, 11) is 0. The summed E-state index contributed by atoms with van der Waals surface area (Å²) in [5.74, 6) is -1.02. The van der Waals surface area contributed by atoms with E-state index in [0.29, 0.717) is 17.8 Å². The molecule has 4 nitrogen and oxygen atoms in total. The average molecular weight is 253 g/mol. The van der Waals surface area contributed by atoms with Crippen LogP contribution in [0.15, 0.2) is 11.4 Å². The summed E-state index contributed by atoms with van der Waals surface area (Å²) in [5.41, 5.74) is 1.01. The van der Waals surface area contributed by atoms with Crippen molar-refractivity contribution in [1.29, 1.82) is 0 Å². The Morgan fingerprint density at radius 2 is 2.35 bits per heavy atom. The topological polar surface area (TPSA) is 57.6 Å². The number of aryl methyl sites for hydroxylation is 1. The zero-order valence-corrected chi connectivity index (χ0v) is 10.5. The van der Waals surface area contributed by atoms with Gasteiger partial charge in [0.25, 0.3) is 5.91 Å². The van der Waals surface area contributed by atoms with Crippen LogP contribution in [0.2, 0.25) is 0 Å². The Morgan fingerprint density at radius 1 is 1.59 bits per heavy atom. The van der Waals surface area contributed by atoms with Crippen LogP contribution in [0.1, 0.15) is 35.0 Å². The van der Waals surface area contributed by atoms with Crippen LogP contribution in [-0.2, 0) is 11.2 Å². The van der Waals surface area contributed by atoms with Crippen molar-refractivity contribution in [2.45, 2.75) is 32.2 Å². The smallest absolute Gasteiger partial charge is 0.326 e. The molecule has 1 saturated heterocycles. The number of rotatable bonds is 3. The highest BCUT2D eigenvalue weighted by Crippen LogP contribution is 2.25. The zero-order valence-electron chi connectivity index (χ0n) is 9.68. The fourth-order valence-electron chi connectivity index (χ4n) is 2.20. The Kier molecular flexibility index (Phi) is 3.47. The van der Waals surface area contributed by atoms with Gasteiger partial charge in [-0.15, -0.1) is 11.3 Å². The number of carboxylic acids is 1. The van der Waals surface area contributed by atoms with Crippen LogP contribution in [0.4, 0.5) is 0 Å². The molecule has 0 spiro atoms. The van der Waals surface area contributed by atoms with Crippen molar-refractivity contribution >= 4 is 23.2 Å². The molecule has 1 amide bonds. The molecule has 0 saturated carbocycles. The predicted molar refractivity (Wildman–Crippen MR) is 65.4 cm³/mol. The molecule has 0 unspecified atom stereocenters. The van der Waals surface area contributed by atoms with Gasteiger partial charge in [-0.2, -0.15) is 0 Å². The van der Waals surface area contributed by atoms with E-state index in [9.17, 15) is 9.59 Å². The maximum atomic E-state index is 12.3. The first-order valence-electron chi connectivity index (χ1n) is 5.75. The number of carboxylic acid groups (broad SMARTS) is 1. The second kappa shape index (κ2) is 4.87. The molecule has 5 heteroatoms. The van der Waals surface area contributed by atoms with Gasteiger partial charge in [0.2, 0.25) is 0 Å². The van der Waals surface area contributed by atoms with E-state index in [4.69, 9.17) is 5.11 Å². The van der Waals surface area contributed by atoms with Gasteiger partial charge in [0.1, 0.15) is 6.04 Å². The number of likely N-dealkylation sites (tertiary alicyclic amines) is 1. The van der Waals surface area contributed by atoms with Crippen LogP contribution in [0, 0.1) is 0 Å². The summed E-state index contributed by atoms with van der Waals surface area (Å²) in [6.45, 7) is 2.55. The Hall–Kier alpha value is -1.36. The van der Waals surface area contributed by atoms with Crippen LogP contribution < -0.4 is 0 Å². The zero-order chi connectivity index (χ0) is 12.4. The minimum absolute atomic E-state index is 0.123. The fourth-order valence-corrected chi connectivity index (χ4v) is 3.15. The summed E-state index contributed by atoms with van der Waals surface area (Å²) in [4.78, 5) is 25.5. The van der Waals surface area contributed by atoms with Gasteiger partial charge in [-0.05, 0) is 36.3 Å². The van der Waals surface area contributed by atoms with Crippen molar-refractivity contribution < 1.29 is 14.7 Å². The lowest BCUT2D eigenvalue weighted by atomic mass is 10.2. The molecule has 1 fully saturated rings. The number of carbonyl (C=O) groups excluding carboxylic acids is 1. The van der Waals surface area contributed by atoms with E-state index in [2.05, 4.69) is 0 Å². The van der Waals surface area contributed by atoms with E-state index >= 15 is 0 Å². The van der Waals surface area contributed by atoms with Gasteiger partial charge in [-0.25, -0.2) is 4.79 Å². The first kappa shape index (κ1) is 12.1. The summed E-state index contributed by atoms with van der Waals surface area (Å²) >= 11 is 1.40. The molecule has 1 aliphatic rings. The van der Waals surface area contributed by atoms with Crippen molar-refractivity contribution in [1.82, 2.24) is 4.90 Å². The molecule has 1 aromatic rings. The highest BCUT2D eigenvalue weighted by Gasteiger charge is 2.35. The molecule has 0 aromatic carbocycles. The first-order valence-corrected chi connectivity index (χ1v) is 6.63. The van der Waals surface area contributed by atoms with E-state index in [1.54, 1.807) is 0 Å². The highest BCUT2D eigenvalue weighted by atomic mass is 32.1. The SMILES string of the molecule is CCc1ccsc1C(=O)N1CCC[C@@H]1C(=O)O. The Balaban J connectivity index is 2.23. The summed E-state index contributed by atoms with van der Waals surface area (Å²) in [6.07, 6.45) is 2.14. The molecule has 1 atom stereocenters. The number of carbonyl (C=O) groups is 2. The Morgan fingerprint density at radius 3 is 3.00 bits per heavy atom. The van der Waals surface area contributed by atoms with Crippen molar-refractivity contribution in [3.05, 3.63) is 21.9 Å². The van der Waals surface area contributed by atoms with Gasteiger partial charge in [-0.1, -0.05) is 6.92 Å². The molecule has 0 bridgehead atoms. The lowest BCUT2D eigenvalue weighted by Crippen LogP contribution is -2.40. The summed E-state index contributed by atoms with van der Waals surface area (Å²) in [5, 5.41) is 11.0. The summed E-state index contributed by atoms with van der Waals surface area (Å²) in [6, 6.07) is 1.29. The van der Waals surface area contributed by atoms with Gasteiger partial charge in [0, 0.05) is 6.54 Å². The Bertz CT molecular complexity index is 441. The van der Waals surface area contributed by atoms with Gasteiger partial charge in [0.15, 0.2) is 0 Å². The number of amides is 1. The second-order valence-electron chi connectivity index (χ2n) is 4.12. The van der Waals surface area contributed by atoms with Crippen molar-refractivity contribution in [3.8, 4) is 0 Å². The van der Waals surface area contributed by atoms with Crippen LogP contribution >= 0.6 is 11.3 Å². The number of thiophene rings is 1. The normalized spacial score (nSPS) is 19.6. The molecule has 0 radical (unpaired) electrons. The van der Waals surface area contributed by atoms with Gasteiger partial charge < -0.3 is 10.0 Å². The molecule has 1 aliphatic heterocycles. The number of hydrogen-bond donors (Lipinski definition) is 1. The third kappa shape index (κ3) is 2.20. The average Bonchev–Trinajstić information content (AvgIpc) is 2.96. The molecule has 17 heavy (non-hydrogen) atoms. The molecule has 2 heterocycles. The fraction of sp³-hybridized carbons (Fsp3) is 0.500. The minimum atomic E-state index is -0.898. The van der Waals surface area contributed by atoms with Crippen LogP contribution in [0.3, 0.4) is 0 Å². The number of nitrogens with zero attached hydrogens (tertiary/aromatic N) is 1. The lowest BCUT2D eigenvalue weighted by molar-refractivity contribution is -0.141. The summed E-state index contributed by atoms with van der Waals surface area (Å²) < 4.78 is 0. The maximum Gasteiger partial charge on any atom is 0.326 e. The van der Waals surface area contributed by atoms with Crippen molar-refractivity contribution in [2.75, 3.05) is 6.54 Å². The lowest BCUT2D eigenvalue weighted by Gasteiger charge is -2.21. The van der Waals surface area contributed by atoms with Gasteiger partial charge >= 0.3 is 5.97 Å². The molecule has 2 rings (SSSR count). The van der Waals surface area contributed by atoms with Gasteiger partial charge in [0.05, 0.1) is 4.88 Å². The quantitative estimate of drug-likeness (QED) is 0.896. The monoisotopic (exact) mass is 253 g/mol. The van der Waals surface area contributed by atoms with E-state index in [0.717, 1.165) is 18.4 Å².